The Morgan fingerprint density at radius 2 is 1.80 bits per heavy atom. The van der Waals surface area contributed by atoms with Crippen molar-refractivity contribution in [1.29, 1.82) is 0 Å². The Labute approximate surface area is 149 Å². The van der Waals surface area contributed by atoms with Crippen molar-refractivity contribution < 1.29 is 9.18 Å². The van der Waals surface area contributed by atoms with Gasteiger partial charge in [0.05, 0.1) is 0 Å². The van der Waals surface area contributed by atoms with Crippen LogP contribution in [0.5, 0.6) is 0 Å². The molecule has 0 saturated carbocycles. The molecule has 25 heavy (non-hydrogen) atoms. The Morgan fingerprint density at radius 3 is 2.44 bits per heavy atom. The number of fused-ring (bicyclic) bond motifs is 1. The van der Waals surface area contributed by atoms with Gasteiger partial charge in [0.15, 0.2) is 12.1 Å². The van der Waals surface area contributed by atoms with Crippen LogP contribution in [0.25, 0.3) is 17.2 Å². The standard InChI is InChI=1S/C23H25FO/c1-15(2)19-11-10-17(4)23-20(12-18(5)21(23)13-19)9-7-6-8-16(3)22(24)14-25/h6-15H,1-5H3. The van der Waals surface area contributed by atoms with Crippen LogP contribution in [-0.4, -0.2) is 6.29 Å². The molecule has 0 aromatic carbocycles. The SMILES string of the molecule is CC(C=CC=Cc1cc(C)c2cc(C(C)C)ccc(C)c1-2)=C(F)C=O. The Balaban J connectivity index is 2.41. The van der Waals surface area contributed by atoms with Crippen molar-refractivity contribution in [2.45, 2.75) is 40.5 Å². The number of allylic oxidation sites excluding steroid dienone is 5. The molecule has 0 aromatic rings. The van der Waals surface area contributed by atoms with E-state index < -0.39 is 5.83 Å². The van der Waals surface area contributed by atoms with Gasteiger partial charge in [0.2, 0.25) is 0 Å². The zero-order valence-corrected chi connectivity index (χ0v) is 15.6. The molecule has 0 radical (unpaired) electrons. The van der Waals surface area contributed by atoms with Crippen LogP contribution in [0, 0.1) is 13.8 Å². The molecule has 2 heteroatoms. The molecule has 0 unspecified atom stereocenters. The number of aldehydes is 1. The quantitative estimate of drug-likeness (QED) is 0.344. The van der Waals surface area contributed by atoms with Gasteiger partial charge in [-0.2, -0.15) is 0 Å². The van der Waals surface area contributed by atoms with Gasteiger partial charge in [0.1, 0.15) is 0 Å². The predicted molar refractivity (Wildman–Crippen MR) is 105 cm³/mol. The summed E-state index contributed by atoms with van der Waals surface area (Å²) < 4.78 is 13.1. The molecular weight excluding hydrogens is 311 g/mol. The third-order valence-corrected chi connectivity index (χ3v) is 4.47. The molecule has 0 amide bonds. The van der Waals surface area contributed by atoms with Gasteiger partial charge in [0.25, 0.3) is 0 Å². The van der Waals surface area contributed by atoms with E-state index in [1.54, 1.807) is 19.1 Å². The van der Waals surface area contributed by atoms with Crippen LogP contribution in [-0.2, 0) is 4.79 Å². The molecule has 0 heterocycles. The fourth-order valence-electron chi connectivity index (χ4n) is 2.90. The minimum Gasteiger partial charge on any atom is -0.295 e. The molecule has 0 aromatic heterocycles. The van der Waals surface area contributed by atoms with Crippen LogP contribution in [0.1, 0.15) is 48.9 Å². The van der Waals surface area contributed by atoms with Gasteiger partial charge in [-0.15, -0.1) is 0 Å². The Bertz CT molecular complexity index is 838. The number of aryl methyl sites for hydroxylation is 2. The molecule has 0 fully saturated rings. The molecule has 0 N–H and O–H groups in total. The summed E-state index contributed by atoms with van der Waals surface area (Å²) in [7, 11) is 0. The smallest absolute Gasteiger partial charge is 0.178 e. The fraction of sp³-hybridized carbons (Fsp3) is 0.261. The van der Waals surface area contributed by atoms with Crippen molar-refractivity contribution in [2.75, 3.05) is 0 Å². The highest BCUT2D eigenvalue weighted by Crippen LogP contribution is 2.36. The van der Waals surface area contributed by atoms with Crippen molar-refractivity contribution in [2.24, 2.45) is 0 Å². The van der Waals surface area contributed by atoms with E-state index in [4.69, 9.17) is 0 Å². The second-order valence-corrected chi connectivity index (χ2v) is 6.75. The summed E-state index contributed by atoms with van der Waals surface area (Å²) in [6, 6.07) is 8.84. The van der Waals surface area contributed by atoms with E-state index in [0.717, 1.165) is 5.56 Å². The normalized spacial score (nSPS) is 13.2. The van der Waals surface area contributed by atoms with Gasteiger partial charge in [-0.1, -0.05) is 62.4 Å². The largest absolute Gasteiger partial charge is 0.295 e. The first kappa shape index (κ1) is 18.9. The Morgan fingerprint density at radius 1 is 1.08 bits per heavy atom. The van der Waals surface area contributed by atoms with E-state index in [2.05, 4.69) is 52.0 Å². The summed E-state index contributed by atoms with van der Waals surface area (Å²) in [5.41, 5.74) is 7.82. The zero-order valence-electron chi connectivity index (χ0n) is 15.6. The van der Waals surface area contributed by atoms with E-state index >= 15 is 0 Å². The number of hydrogen-bond acceptors (Lipinski definition) is 1. The molecule has 0 atom stereocenters. The molecule has 0 spiro atoms. The van der Waals surface area contributed by atoms with E-state index in [1.165, 1.54) is 27.8 Å². The number of halogens is 1. The maximum Gasteiger partial charge on any atom is 0.178 e. The van der Waals surface area contributed by atoms with Gasteiger partial charge in [-0.25, -0.2) is 4.39 Å². The molecule has 1 nitrogen and oxygen atoms in total. The van der Waals surface area contributed by atoms with Gasteiger partial charge in [-0.05, 0) is 65.6 Å². The lowest BCUT2D eigenvalue weighted by atomic mass is 10.0. The summed E-state index contributed by atoms with van der Waals surface area (Å²) in [6.07, 6.45) is 7.49. The highest BCUT2D eigenvalue weighted by atomic mass is 19.1. The molecule has 2 aliphatic rings. The molecule has 2 rings (SSSR count). The van der Waals surface area contributed by atoms with Gasteiger partial charge >= 0.3 is 0 Å². The van der Waals surface area contributed by atoms with Crippen LogP contribution in [0.4, 0.5) is 4.39 Å². The maximum atomic E-state index is 13.1. The molecule has 0 saturated heterocycles. The van der Waals surface area contributed by atoms with Crippen molar-refractivity contribution in [3.63, 3.8) is 0 Å². The first-order valence-corrected chi connectivity index (χ1v) is 8.55. The summed E-state index contributed by atoms with van der Waals surface area (Å²) in [4.78, 5) is 10.4. The van der Waals surface area contributed by atoms with Crippen molar-refractivity contribution in [3.8, 4) is 11.1 Å². The lowest BCUT2D eigenvalue weighted by Crippen LogP contribution is -1.84. The minimum atomic E-state index is -0.733. The highest BCUT2D eigenvalue weighted by molar-refractivity contribution is 5.84. The van der Waals surface area contributed by atoms with Crippen LogP contribution in [0.3, 0.4) is 0 Å². The van der Waals surface area contributed by atoms with E-state index in [0.29, 0.717) is 11.5 Å². The molecule has 0 bridgehead atoms. The topological polar surface area (TPSA) is 17.1 Å². The third-order valence-electron chi connectivity index (χ3n) is 4.47. The van der Waals surface area contributed by atoms with E-state index in [-0.39, 0.29) is 6.29 Å². The lowest BCUT2D eigenvalue weighted by molar-refractivity contribution is -0.106. The second kappa shape index (κ2) is 8.06. The van der Waals surface area contributed by atoms with Gasteiger partial charge < -0.3 is 0 Å². The molecule has 0 aliphatic heterocycles. The monoisotopic (exact) mass is 336 g/mol. The summed E-state index contributed by atoms with van der Waals surface area (Å²) >= 11 is 0. The van der Waals surface area contributed by atoms with E-state index in [9.17, 15) is 9.18 Å². The van der Waals surface area contributed by atoms with Crippen LogP contribution in [0.2, 0.25) is 0 Å². The van der Waals surface area contributed by atoms with Crippen molar-refractivity contribution >= 4 is 12.4 Å². The van der Waals surface area contributed by atoms with Crippen LogP contribution >= 0.6 is 0 Å². The second-order valence-electron chi connectivity index (χ2n) is 6.75. The first-order valence-electron chi connectivity index (χ1n) is 8.55. The molecular formula is C23H25FO. The van der Waals surface area contributed by atoms with Crippen LogP contribution in [0.15, 0.2) is 53.9 Å². The minimum absolute atomic E-state index is 0.229. The summed E-state index contributed by atoms with van der Waals surface area (Å²) in [5, 5.41) is 0. The average molecular weight is 336 g/mol. The molecule has 2 aliphatic carbocycles. The number of rotatable bonds is 5. The number of carbonyl (C=O) groups is 1. The van der Waals surface area contributed by atoms with Gasteiger partial charge in [0, 0.05) is 0 Å². The maximum absolute atomic E-state index is 13.1. The first-order chi connectivity index (χ1) is 11.8. The lowest BCUT2D eigenvalue weighted by Gasteiger charge is -2.04. The Hall–Kier alpha value is -2.48. The Kier molecular flexibility index (Phi) is 6.08. The van der Waals surface area contributed by atoms with Gasteiger partial charge in [-0.3, -0.25) is 4.79 Å². The van der Waals surface area contributed by atoms with Crippen LogP contribution < -0.4 is 0 Å². The highest BCUT2D eigenvalue weighted by Gasteiger charge is 2.14. The number of hydrogen-bond donors (Lipinski definition) is 0. The van der Waals surface area contributed by atoms with E-state index in [1.807, 2.05) is 12.2 Å². The molecule has 130 valence electrons. The predicted octanol–water partition coefficient (Wildman–Crippen LogP) is 6.54. The zero-order chi connectivity index (χ0) is 18.6. The van der Waals surface area contributed by atoms with Crippen molar-refractivity contribution in [3.05, 3.63) is 76.1 Å². The summed E-state index contributed by atoms with van der Waals surface area (Å²) in [5.74, 6) is -0.253. The van der Waals surface area contributed by atoms with Crippen molar-refractivity contribution in [1.82, 2.24) is 0 Å². The fourth-order valence-corrected chi connectivity index (χ4v) is 2.90. The average Bonchev–Trinajstić information content (AvgIpc) is 2.76. The summed E-state index contributed by atoms with van der Waals surface area (Å²) in [6.45, 7) is 10.2. The number of carbonyl (C=O) groups excluding carboxylic acids is 1. The third kappa shape index (κ3) is 4.33.